The molecule has 0 aliphatic heterocycles. The van der Waals surface area contributed by atoms with Crippen molar-refractivity contribution in [2.24, 2.45) is 0 Å². The zero-order valence-electron chi connectivity index (χ0n) is 9.08. The lowest BCUT2D eigenvalue weighted by molar-refractivity contribution is 0.630. The van der Waals surface area contributed by atoms with Crippen molar-refractivity contribution in [3.05, 3.63) is 36.5 Å². The van der Waals surface area contributed by atoms with Crippen molar-refractivity contribution in [1.82, 2.24) is 4.98 Å². The second-order valence-corrected chi connectivity index (χ2v) is 3.66. The lowest BCUT2D eigenvalue weighted by atomic mass is 10.1. The van der Waals surface area contributed by atoms with Crippen molar-refractivity contribution in [2.45, 2.75) is 45.4 Å². The number of hydrogen-bond acceptors (Lipinski definition) is 1. The molecule has 1 aromatic rings. The van der Waals surface area contributed by atoms with E-state index in [0.29, 0.717) is 0 Å². The maximum atomic E-state index is 4.26. The quantitative estimate of drug-likeness (QED) is 0.592. The summed E-state index contributed by atoms with van der Waals surface area (Å²) >= 11 is 0. The number of aromatic nitrogens is 1. The molecule has 0 aromatic carbocycles. The summed E-state index contributed by atoms with van der Waals surface area (Å²) in [5.41, 5.74) is 1.11. The summed E-state index contributed by atoms with van der Waals surface area (Å²) < 4.78 is 0. The molecule has 0 saturated carbocycles. The molecule has 0 aliphatic rings. The van der Waals surface area contributed by atoms with Crippen LogP contribution in [0.1, 0.15) is 51.1 Å². The molecule has 1 heteroatoms. The Labute approximate surface area is 87.6 Å². The van der Waals surface area contributed by atoms with Gasteiger partial charge in [-0.15, -0.1) is 0 Å². The molecule has 0 amide bonds. The predicted molar refractivity (Wildman–Crippen MR) is 61.0 cm³/mol. The molecule has 1 aromatic heterocycles. The van der Waals surface area contributed by atoms with Crippen molar-refractivity contribution in [3.63, 3.8) is 0 Å². The van der Waals surface area contributed by atoms with Gasteiger partial charge in [0.05, 0.1) is 0 Å². The SMILES string of the molecule is CCCCCCC[CH]c1ccccn1. The van der Waals surface area contributed by atoms with Crippen molar-refractivity contribution in [3.8, 4) is 0 Å². The molecule has 1 heterocycles. The van der Waals surface area contributed by atoms with Crippen LogP contribution in [0.3, 0.4) is 0 Å². The van der Waals surface area contributed by atoms with Gasteiger partial charge in [-0.3, -0.25) is 4.98 Å². The van der Waals surface area contributed by atoms with Gasteiger partial charge in [-0.25, -0.2) is 0 Å². The number of hydrogen-bond donors (Lipinski definition) is 0. The van der Waals surface area contributed by atoms with Crippen molar-refractivity contribution >= 4 is 0 Å². The van der Waals surface area contributed by atoms with Crippen molar-refractivity contribution in [1.29, 1.82) is 0 Å². The summed E-state index contributed by atoms with van der Waals surface area (Å²) in [4.78, 5) is 4.26. The van der Waals surface area contributed by atoms with E-state index in [1.165, 1.54) is 38.5 Å². The van der Waals surface area contributed by atoms with E-state index in [1.54, 1.807) is 0 Å². The first kappa shape index (κ1) is 11.2. The van der Waals surface area contributed by atoms with E-state index in [4.69, 9.17) is 0 Å². The van der Waals surface area contributed by atoms with Gasteiger partial charge < -0.3 is 0 Å². The van der Waals surface area contributed by atoms with Gasteiger partial charge >= 0.3 is 0 Å². The highest BCUT2D eigenvalue weighted by molar-refractivity contribution is 5.12. The van der Waals surface area contributed by atoms with E-state index in [0.717, 1.165) is 5.69 Å². The molecule has 1 nitrogen and oxygen atoms in total. The zero-order valence-corrected chi connectivity index (χ0v) is 9.08. The zero-order chi connectivity index (χ0) is 10.1. The number of pyridine rings is 1. The van der Waals surface area contributed by atoms with E-state index < -0.39 is 0 Å². The molecule has 0 saturated heterocycles. The van der Waals surface area contributed by atoms with E-state index in [1.807, 2.05) is 18.3 Å². The number of unbranched alkanes of at least 4 members (excludes halogenated alkanes) is 5. The van der Waals surface area contributed by atoms with E-state index in [2.05, 4.69) is 24.4 Å². The molecule has 0 bridgehead atoms. The lowest BCUT2D eigenvalue weighted by Gasteiger charge is -2.00. The summed E-state index contributed by atoms with van der Waals surface area (Å²) in [6.07, 6.45) is 12.0. The Morgan fingerprint density at radius 1 is 1.14 bits per heavy atom. The fourth-order valence-corrected chi connectivity index (χ4v) is 1.49. The molecule has 77 valence electrons. The standard InChI is InChI=1S/C13H20N/c1-2-3-4-5-6-7-10-13-11-8-9-12-14-13/h8-12H,2-7H2,1H3. The minimum Gasteiger partial charge on any atom is -0.261 e. The number of nitrogens with zero attached hydrogens (tertiary/aromatic N) is 1. The van der Waals surface area contributed by atoms with Gasteiger partial charge in [0.2, 0.25) is 0 Å². The molecule has 1 rings (SSSR count). The van der Waals surface area contributed by atoms with Crippen LogP contribution in [0.4, 0.5) is 0 Å². The first-order chi connectivity index (χ1) is 6.93. The molecule has 0 unspecified atom stereocenters. The third-order valence-corrected chi connectivity index (χ3v) is 2.35. The second-order valence-electron chi connectivity index (χ2n) is 3.66. The maximum Gasteiger partial charge on any atom is 0.0441 e. The predicted octanol–water partition coefficient (Wildman–Crippen LogP) is 3.99. The highest BCUT2D eigenvalue weighted by Gasteiger charge is 1.93. The molecule has 0 N–H and O–H groups in total. The molecule has 0 fully saturated rings. The highest BCUT2D eigenvalue weighted by atomic mass is 14.7. The smallest absolute Gasteiger partial charge is 0.0441 e. The average molecular weight is 190 g/mol. The lowest BCUT2D eigenvalue weighted by Crippen LogP contribution is -1.86. The van der Waals surface area contributed by atoms with Gasteiger partial charge in [0, 0.05) is 18.3 Å². The minimum absolute atomic E-state index is 1.11. The van der Waals surface area contributed by atoms with Crippen LogP contribution < -0.4 is 0 Å². The third kappa shape index (κ3) is 5.00. The average Bonchev–Trinajstić information content (AvgIpc) is 2.25. The Morgan fingerprint density at radius 2 is 2.00 bits per heavy atom. The molecule has 14 heavy (non-hydrogen) atoms. The summed E-state index contributed by atoms with van der Waals surface area (Å²) in [6, 6.07) is 6.06. The van der Waals surface area contributed by atoms with Gasteiger partial charge in [0.25, 0.3) is 0 Å². The fraction of sp³-hybridized carbons (Fsp3) is 0.538. The van der Waals surface area contributed by atoms with Crippen LogP contribution in [0.25, 0.3) is 0 Å². The van der Waals surface area contributed by atoms with Gasteiger partial charge in [-0.05, 0) is 18.6 Å². The maximum absolute atomic E-state index is 4.26. The molecule has 0 spiro atoms. The summed E-state index contributed by atoms with van der Waals surface area (Å²) in [7, 11) is 0. The Hall–Kier alpha value is -0.850. The van der Waals surface area contributed by atoms with Gasteiger partial charge in [0.15, 0.2) is 0 Å². The van der Waals surface area contributed by atoms with Crippen LogP contribution >= 0.6 is 0 Å². The Bertz CT molecular complexity index is 218. The van der Waals surface area contributed by atoms with Crippen LogP contribution in [0.5, 0.6) is 0 Å². The Morgan fingerprint density at radius 3 is 2.71 bits per heavy atom. The summed E-state index contributed by atoms with van der Waals surface area (Å²) in [5.74, 6) is 0. The normalized spacial score (nSPS) is 10.4. The minimum atomic E-state index is 1.11. The number of rotatable bonds is 7. The van der Waals surface area contributed by atoms with E-state index >= 15 is 0 Å². The van der Waals surface area contributed by atoms with Gasteiger partial charge in [-0.2, -0.15) is 0 Å². The topological polar surface area (TPSA) is 12.9 Å². The molecule has 0 aliphatic carbocycles. The summed E-state index contributed by atoms with van der Waals surface area (Å²) in [6.45, 7) is 2.25. The first-order valence-electron chi connectivity index (χ1n) is 5.67. The molecular weight excluding hydrogens is 170 g/mol. The van der Waals surface area contributed by atoms with Crippen LogP contribution in [0.15, 0.2) is 24.4 Å². The van der Waals surface area contributed by atoms with Crippen LogP contribution in [-0.4, -0.2) is 4.98 Å². The van der Waals surface area contributed by atoms with Gasteiger partial charge in [0.1, 0.15) is 0 Å². The monoisotopic (exact) mass is 190 g/mol. The van der Waals surface area contributed by atoms with E-state index in [9.17, 15) is 0 Å². The fourth-order valence-electron chi connectivity index (χ4n) is 1.49. The van der Waals surface area contributed by atoms with Crippen LogP contribution in [0, 0.1) is 6.42 Å². The van der Waals surface area contributed by atoms with Crippen molar-refractivity contribution < 1.29 is 0 Å². The van der Waals surface area contributed by atoms with Crippen molar-refractivity contribution in [2.75, 3.05) is 0 Å². The van der Waals surface area contributed by atoms with Crippen LogP contribution in [0.2, 0.25) is 0 Å². The highest BCUT2D eigenvalue weighted by Crippen LogP contribution is 2.09. The second kappa shape index (κ2) is 7.54. The third-order valence-electron chi connectivity index (χ3n) is 2.35. The molecule has 0 atom stereocenters. The Kier molecular flexibility index (Phi) is 6.05. The van der Waals surface area contributed by atoms with E-state index in [-0.39, 0.29) is 0 Å². The molecular formula is C13H20N. The molecule has 1 radical (unpaired) electrons. The first-order valence-corrected chi connectivity index (χ1v) is 5.67. The summed E-state index contributed by atoms with van der Waals surface area (Å²) in [5, 5.41) is 0. The van der Waals surface area contributed by atoms with Crippen LogP contribution in [-0.2, 0) is 0 Å². The largest absolute Gasteiger partial charge is 0.261 e. The Balaban J connectivity index is 1.99. The van der Waals surface area contributed by atoms with Gasteiger partial charge in [-0.1, -0.05) is 45.1 Å².